The van der Waals surface area contributed by atoms with Gasteiger partial charge < -0.3 is 45.1 Å². The Morgan fingerprint density at radius 1 is 0.433 bits per heavy atom. The molecule has 0 aromatic carbocycles. The molecule has 1 fully saturated rings. The van der Waals surface area contributed by atoms with Gasteiger partial charge in [-0.3, -0.25) is 9.59 Å². The van der Waals surface area contributed by atoms with Gasteiger partial charge in [0.2, 0.25) is 5.91 Å². The maximum Gasteiger partial charge on any atom is 0.306 e. The number of amides is 1. The van der Waals surface area contributed by atoms with Crippen LogP contribution in [0.25, 0.3) is 0 Å². The van der Waals surface area contributed by atoms with Crippen molar-refractivity contribution in [1.29, 1.82) is 0 Å². The quantitative estimate of drug-likeness (QED) is 0.0195. The Hall–Kier alpha value is -2.38. The van der Waals surface area contributed by atoms with Gasteiger partial charge in [-0.2, -0.15) is 0 Å². The molecule has 0 aromatic rings. The summed E-state index contributed by atoms with van der Waals surface area (Å²) in [4.78, 5) is 26.7. The average Bonchev–Trinajstić information content (AvgIpc) is 3.11. The van der Waals surface area contributed by atoms with Crippen molar-refractivity contribution in [2.45, 2.75) is 429 Å². The Morgan fingerprint density at radius 3 is 1.17 bits per heavy atom. The standard InChI is InChI=1S/C79H147NO10/c1-4-7-10-13-16-19-22-25-27-29-31-33-35-36-37-39-40-42-44-46-48-51-54-57-60-63-66-72(83)78(87)80-70(71(82)65-62-59-56-53-50-24-21-18-15-12-9-6-3)69-88-79-77(76(86)75(85)73(68-81)89-79)90-74(84)67-64-61-58-55-52-49-47-45-43-41-38-34-32-30-28-26-23-20-17-14-11-8-5-2/h17,20,26,28,32,34,62,65,70-73,75-77,79,81-83,85-86H,4-16,18-19,21-25,27,29-31,33,35-61,63-64,66-69H2,1-3H3,(H,80,87)/b20-17-,28-26-,34-32-,65-62+. The first kappa shape index (κ1) is 85.6. The molecule has 0 aliphatic carbocycles. The van der Waals surface area contributed by atoms with E-state index in [9.17, 15) is 35.1 Å². The summed E-state index contributed by atoms with van der Waals surface area (Å²) in [7, 11) is 0. The Labute approximate surface area is 555 Å². The predicted molar refractivity (Wildman–Crippen MR) is 380 cm³/mol. The zero-order chi connectivity index (χ0) is 65.3. The van der Waals surface area contributed by atoms with Crippen LogP contribution in [-0.4, -0.2) is 99.6 Å². The minimum atomic E-state index is -1.62. The number of carbonyl (C=O) groups excluding carboxylic acids is 2. The van der Waals surface area contributed by atoms with Gasteiger partial charge in [-0.1, -0.05) is 358 Å². The Bertz CT molecular complexity index is 1650. The number of allylic oxidation sites excluding steroid dienone is 7. The van der Waals surface area contributed by atoms with E-state index in [1.807, 2.05) is 6.08 Å². The van der Waals surface area contributed by atoms with Crippen LogP contribution >= 0.6 is 0 Å². The van der Waals surface area contributed by atoms with Crippen molar-refractivity contribution in [3.05, 3.63) is 48.6 Å². The minimum absolute atomic E-state index is 0.121. The van der Waals surface area contributed by atoms with Crippen molar-refractivity contribution in [3.63, 3.8) is 0 Å². The van der Waals surface area contributed by atoms with Gasteiger partial charge in [0.1, 0.15) is 24.4 Å². The summed E-state index contributed by atoms with van der Waals surface area (Å²) in [6.45, 7) is 5.83. The van der Waals surface area contributed by atoms with Crippen molar-refractivity contribution in [2.24, 2.45) is 0 Å². The minimum Gasteiger partial charge on any atom is -0.454 e. The number of carbonyl (C=O) groups is 2. The molecule has 1 aliphatic rings. The highest BCUT2D eigenvalue weighted by Crippen LogP contribution is 2.27. The van der Waals surface area contributed by atoms with Gasteiger partial charge >= 0.3 is 5.97 Å². The smallest absolute Gasteiger partial charge is 0.306 e. The number of esters is 1. The Kier molecular flexibility index (Phi) is 63.4. The summed E-state index contributed by atoms with van der Waals surface area (Å²) in [5.41, 5.74) is 0. The van der Waals surface area contributed by atoms with Crippen LogP contribution in [0, 0.1) is 0 Å². The first-order valence-electron chi connectivity index (χ1n) is 38.9. The van der Waals surface area contributed by atoms with Gasteiger partial charge in [0.15, 0.2) is 12.4 Å². The molecule has 11 heteroatoms. The lowest BCUT2D eigenvalue weighted by atomic mass is 9.99. The second kappa shape index (κ2) is 66.6. The molecule has 8 unspecified atom stereocenters. The number of unbranched alkanes of at least 4 members (excludes halogenated alkanes) is 48. The fraction of sp³-hybridized carbons (Fsp3) is 0.873. The molecule has 0 saturated carbocycles. The highest BCUT2D eigenvalue weighted by atomic mass is 16.7. The largest absolute Gasteiger partial charge is 0.454 e. The molecule has 11 nitrogen and oxygen atoms in total. The van der Waals surface area contributed by atoms with Crippen LogP contribution in [0.15, 0.2) is 48.6 Å². The molecule has 0 spiro atoms. The van der Waals surface area contributed by atoms with E-state index in [0.717, 1.165) is 77.0 Å². The van der Waals surface area contributed by atoms with E-state index in [0.29, 0.717) is 19.3 Å². The lowest BCUT2D eigenvalue weighted by molar-refractivity contribution is -0.305. The molecular formula is C79H147NO10. The van der Waals surface area contributed by atoms with Crippen LogP contribution < -0.4 is 5.32 Å². The molecule has 0 aromatic heterocycles. The molecule has 8 atom stereocenters. The van der Waals surface area contributed by atoms with E-state index in [2.05, 4.69) is 62.5 Å². The van der Waals surface area contributed by atoms with Gasteiger partial charge in [-0.15, -0.1) is 0 Å². The molecule has 1 aliphatic heterocycles. The Balaban J connectivity index is 2.51. The van der Waals surface area contributed by atoms with E-state index in [4.69, 9.17) is 14.2 Å². The Morgan fingerprint density at radius 2 is 0.767 bits per heavy atom. The number of hydrogen-bond acceptors (Lipinski definition) is 10. The summed E-state index contributed by atoms with van der Waals surface area (Å²) in [6, 6.07) is -1.02. The molecule has 1 saturated heterocycles. The SMILES string of the molecule is CCCCC/C=C\C/C=C\C/C=C\CCCCCCCCCCCCC(=O)OC1C(OCC(NC(=O)C(O)CCCCCCCCCCCCCCCCCCCCCCCCCCCC)C(O)/C=C/CCCCCCCCCCCC)OC(CO)C(O)C1O. The van der Waals surface area contributed by atoms with Crippen LogP contribution in [0.5, 0.6) is 0 Å². The molecule has 1 rings (SSSR count). The zero-order valence-corrected chi connectivity index (χ0v) is 59.0. The van der Waals surface area contributed by atoms with Crippen LogP contribution in [0.3, 0.4) is 0 Å². The maximum atomic E-state index is 13.5. The summed E-state index contributed by atoms with van der Waals surface area (Å²) >= 11 is 0. The second-order valence-corrected chi connectivity index (χ2v) is 27.1. The van der Waals surface area contributed by atoms with Crippen molar-refractivity contribution >= 4 is 11.9 Å². The summed E-state index contributed by atoms with van der Waals surface area (Å²) < 4.78 is 17.7. The second-order valence-electron chi connectivity index (χ2n) is 27.1. The van der Waals surface area contributed by atoms with E-state index in [1.165, 1.54) is 257 Å². The average molecular weight is 1270 g/mol. The van der Waals surface area contributed by atoms with Crippen LogP contribution in [0.1, 0.15) is 380 Å². The number of hydrogen-bond donors (Lipinski definition) is 6. The molecule has 1 heterocycles. The van der Waals surface area contributed by atoms with Gasteiger partial charge in [-0.05, 0) is 64.2 Å². The van der Waals surface area contributed by atoms with Crippen molar-refractivity contribution in [2.75, 3.05) is 13.2 Å². The van der Waals surface area contributed by atoms with Crippen LogP contribution in [0.2, 0.25) is 0 Å². The van der Waals surface area contributed by atoms with Crippen molar-refractivity contribution in [3.8, 4) is 0 Å². The van der Waals surface area contributed by atoms with Gasteiger partial charge in [-0.25, -0.2) is 0 Å². The monoisotopic (exact) mass is 1270 g/mol. The summed E-state index contributed by atoms with van der Waals surface area (Å²) in [5, 5.41) is 57.4. The summed E-state index contributed by atoms with van der Waals surface area (Å²) in [5.74, 6) is -1.18. The molecule has 0 radical (unpaired) electrons. The van der Waals surface area contributed by atoms with E-state index >= 15 is 0 Å². The van der Waals surface area contributed by atoms with Crippen molar-refractivity contribution < 1.29 is 49.3 Å². The number of aliphatic hydroxyl groups is 5. The van der Waals surface area contributed by atoms with Gasteiger partial charge in [0.05, 0.1) is 25.4 Å². The van der Waals surface area contributed by atoms with Crippen molar-refractivity contribution in [1.82, 2.24) is 5.32 Å². The first-order chi connectivity index (χ1) is 44.2. The maximum absolute atomic E-state index is 13.5. The highest BCUT2D eigenvalue weighted by molar-refractivity contribution is 5.80. The third-order valence-corrected chi connectivity index (χ3v) is 18.5. The van der Waals surface area contributed by atoms with E-state index < -0.39 is 67.4 Å². The number of aliphatic hydroxyl groups excluding tert-OH is 5. The number of rotatable bonds is 68. The lowest BCUT2D eigenvalue weighted by Crippen LogP contribution is -2.61. The third kappa shape index (κ3) is 52.9. The highest BCUT2D eigenvalue weighted by Gasteiger charge is 2.47. The zero-order valence-electron chi connectivity index (χ0n) is 59.0. The molecule has 6 N–H and O–H groups in total. The van der Waals surface area contributed by atoms with Crippen LogP contribution in [0.4, 0.5) is 0 Å². The third-order valence-electron chi connectivity index (χ3n) is 18.5. The van der Waals surface area contributed by atoms with E-state index in [-0.39, 0.29) is 13.0 Å². The lowest BCUT2D eigenvalue weighted by Gasteiger charge is -2.41. The van der Waals surface area contributed by atoms with Crippen LogP contribution in [-0.2, 0) is 23.8 Å². The predicted octanol–water partition coefficient (Wildman–Crippen LogP) is 20.7. The molecule has 0 bridgehead atoms. The van der Waals surface area contributed by atoms with Gasteiger partial charge in [0.25, 0.3) is 0 Å². The molecule has 90 heavy (non-hydrogen) atoms. The molecule has 1 amide bonds. The fourth-order valence-corrected chi connectivity index (χ4v) is 12.4. The number of ether oxygens (including phenoxy) is 3. The normalized spacial score (nSPS) is 18.2. The molecular weight excluding hydrogens is 1120 g/mol. The van der Waals surface area contributed by atoms with Gasteiger partial charge in [0, 0.05) is 6.42 Å². The van der Waals surface area contributed by atoms with E-state index in [1.54, 1.807) is 6.08 Å². The number of nitrogens with one attached hydrogen (secondary N) is 1. The first-order valence-corrected chi connectivity index (χ1v) is 38.9. The topological polar surface area (TPSA) is 175 Å². The summed E-state index contributed by atoms with van der Waals surface area (Å²) in [6.07, 6.45) is 74.5. The fourth-order valence-electron chi connectivity index (χ4n) is 12.4. The molecule has 528 valence electrons.